The Bertz CT molecular complexity index is 516. The highest BCUT2D eigenvalue weighted by molar-refractivity contribution is 6.33. The number of nitrogens with zero attached hydrogens (tertiary/aromatic N) is 1. The third-order valence-electron chi connectivity index (χ3n) is 3.66. The van der Waals surface area contributed by atoms with E-state index in [9.17, 15) is 4.79 Å². The van der Waals surface area contributed by atoms with Gasteiger partial charge in [0.15, 0.2) is 5.69 Å². The topological polar surface area (TPSA) is 59.4 Å². The number of rotatable bonds is 3. The van der Waals surface area contributed by atoms with E-state index < -0.39 is 5.97 Å². The lowest BCUT2D eigenvalue weighted by Gasteiger charge is -2.38. The van der Waals surface area contributed by atoms with Crippen LogP contribution < -0.4 is 4.74 Å². The van der Waals surface area contributed by atoms with E-state index in [1.807, 2.05) is 0 Å². The van der Waals surface area contributed by atoms with Crippen LogP contribution in [0.5, 0.6) is 5.88 Å². The van der Waals surface area contributed by atoms with Gasteiger partial charge in [-0.05, 0) is 36.7 Å². The van der Waals surface area contributed by atoms with E-state index in [0.717, 1.165) is 12.8 Å². The maximum atomic E-state index is 11.0. The summed E-state index contributed by atoms with van der Waals surface area (Å²) in [6.45, 7) is 6.68. The fourth-order valence-electron chi connectivity index (χ4n) is 3.16. The highest BCUT2D eigenvalue weighted by Crippen LogP contribution is 2.39. The molecule has 2 unspecified atom stereocenters. The number of ether oxygens (including phenoxy) is 1. The molecule has 0 bridgehead atoms. The summed E-state index contributed by atoms with van der Waals surface area (Å²) in [4.78, 5) is 15.0. The standard InChI is InChI=1S/C15H20ClNO3/c1-9-6-10(8-15(2,3)7-9)20-12-5-4-11(16)13(17-12)14(18)19/h4-5,9-10H,6-8H2,1-3H3,(H,18,19). The SMILES string of the molecule is CC1CC(Oc2ccc(Cl)c(C(=O)O)n2)CC(C)(C)C1. The second-order valence-corrected chi connectivity index (χ2v) is 6.85. The minimum Gasteiger partial charge on any atom is -0.476 e. The van der Waals surface area contributed by atoms with Gasteiger partial charge < -0.3 is 9.84 Å². The van der Waals surface area contributed by atoms with Gasteiger partial charge in [-0.2, -0.15) is 0 Å². The average molecular weight is 298 g/mol. The Labute approximate surface area is 124 Å². The second-order valence-electron chi connectivity index (χ2n) is 6.44. The molecule has 1 heterocycles. The molecular formula is C15H20ClNO3. The quantitative estimate of drug-likeness (QED) is 0.915. The van der Waals surface area contributed by atoms with Gasteiger partial charge in [0.2, 0.25) is 5.88 Å². The van der Waals surface area contributed by atoms with E-state index in [1.165, 1.54) is 12.5 Å². The normalized spacial score (nSPS) is 25.2. The predicted molar refractivity (Wildman–Crippen MR) is 77.4 cm³/mol. The Morgan fingerprint density at radius 2 is 2.15 bits per heavy atom. The average Bonchev–Trinajstić information content (AvgIpc) is 2.28. The second kappa shape index (κ2) is 5.60. The number of hydrogen-bond acceptors (Lipinski definition) is 3. The van der Waals surface area contributed by atoms with E-state index in [-0.39, 0.29) is 22.2 Å². The first kappa shape index (κ1) is 15.1. The first-order valence-corrected chi connectivity index (χ1v) is 7.21. The van der Waals surface area contributed by atoms with Gasteiger partial charge in [-0.25, -0.2) is 9.78 Å². The number of carbonyl (C=O) groups is 1. The van der Waals surface area contributed by atoms with Crippen molar-refractivity contribution >= 4 is 17.6 Å². The van der Waals surface area contributed by atoms with Crippen molar-refractivity contribution in [1.29, 1.82) is 0 Å². The number of carboxylic acids is 1. The molecule has 0 radical (unpaired) electrons. The number of aromatic carboxylic acids is 1. The molecule has 0 spiro atoms. The molecule has 1 aliphatic rings. The van der Waals surface area contributed by atoms with E-state index in [4.69, 9.17) is 21.4 Å². The fraction of sp³-hybridized carbons (Fsp3) is 0.600. The zero-order valence-corrected chi connectivity index (χ0v) is 12.8. The zero-order valence-electron chi connectivity index (χ0n) is 12.0. The Balaban J connectivity index is 2.14. The van der Waals surface area contributed by atoms with Crippen molar-refractivity contribution in [1.82, 2.24) is 4.98 Å². The van der Waals surface area contributed by atoms with Gasteiger partial charge in [-0.15, -0.1) is 0 Å². The molecule has 110 valence electrons. The van der Waals surface area contributed by atoms with Crippen molar-refractivity contribution in [3.05, 3.63) is 22.8 Å². The van der Waals surface area contributed by atoms with Gasteiger partial charge in [-0.1, -0.05) is 32.4 Å². The van der Waals surface area contributed by atoms with Crippen molar-refractivity contribution in [2.45, 2.75) is 46.1 Å². The van der Waals surface area contributed by atoms with Crippen molar-refractivity contribution in [3.8, 4) is 5.88 Å². The number of aromatic nitrogens is 1. The summed E-state index contributed by atoms with van der Waals surface area (Å²) in [7, 11) is 0. The van der Waals surface area contributed by atoms with E-state index >= 15 is 0 Å². The van der Waals surface area contributed by atoms with Crippen LogP contribution in [0.15, 0.2) is 12.1 Å². The van der Waals surface area contributed by atoms with E-state index in [1.54, 1.807) is 6.07 Å². The molecule has 1 N–H and O–H groups in total. The first-order chi connectivity index (χ1) is 9.27. The van der Waals surface area contributed by atoms with Crippen molar-refractivity contribution in [3.63, 3.8) is 0 Å². The summed E-state index contributed by atoms with van der Waals surface area (Å²) in [6, 6.07) is 3.14. The molecule has 1 aromatic rings. The molecule has 20 heavy (non-hydrogen) atoms. The smallest absolute Gasteiger partial charge is 0.356 e. The Kier molecular flexibility index (Phi) is 4.23. The number of carboxylic acid groups (broad SMARTS) is 1. The molecule has 1 aliphatic carbocycles. The Morgan fingerprint density at radius 3 is 2.75 bits per heavy atom. The number of hydrogen-bond donors (Lipinski definition) is 1. The van der Waals surface area contributed by atoms with E-state index in [0.29, 0.717) is 11.8 Å². The van der Waals surface area contributed by atoms with Crippen LogP contribution >= 0.6 is 11.6 Å². The van der Waals surface area contributed by atoms with Gasteiger partial charge in [0.05, 0.1) is 5.02 Å². The largest absolute Gasteiger partial charge is 0.476 e. The molecule has 1 fully saturated rings. The van der Waals surface area contributed by atoms with Crippen molar-refractivity contribution < 1.29 is 14.6 Å². The van der Waals surface area contributed by atoms with Crippen molar-refractivity contribution in [2.75, 3.05) is 0 Å². The molecule has 1 aromatic heterocycles. The van der Waals surface area contributed by atoms with Crippen LogP contribution in [0.2, 0.25) is 5.02 Å². The molecule has 0 aromatic carbocycles. The summed E-state index contributed by atoms with van der Waals surface area (Å²) in [6.07, 6.45) is 3.17. The molecule has 0 aliphatic heterocycles. The Morgan fingerprint density at radius 1 is 1.45 bits per heavy atom. The molecular weight excluding hydrogens is 278 g/mol. The third-order valence-corrected chi connectivity index (χ3v) is 3.96. The molecule has 5 heteroatoms. The minimum atomic E-state index is -1.14. The number of pyridine rings is 1. The molecule has 2 rings (SSSR count). The minimum absolute atomic E-state index is 0.0732. The first-order valence-electron chi connectivity index (χ1n) is 6.83. The van der Waals surface area contributed by atoms with E-state index in [2.05, 4.69) is 25.8 Å². The fourth-order valence-corrected chi connectivity index (χ4v) is 3.34. The van der Waals surface area contributed by atoms with Crippen LogP contribution in [0.3, 0.4) is 0 Å². The van der Waals surface area contributed by atoms with Crippen LogP contribution in [0.25, 0.3) is 0 Å². The lowest BCUT2D eigenvalue weighted by Crippen LogP contribution is -2.34. The van der Waals surface area contributed by atoms with Crippen LogP contribution in [-0.2, 0) is 0 Å². The van der Waals surface area contributed by atoms with Crippen LogP contribution in [0, 0.1) is 11.3 Å². The van der Waals surface area contributed by atoms with Crippen LogP contribution in [-0.4, -0.2) is 22.2 Å². The highest BCUT2D eigenvalue weighted by atomic mass is 35.5. The van der Waals surface area contributed by atoms with Gasteiger partial charge >= 0.3 is 5.97 Å². The van der Waals surface area contributed by atoms with Crippen LogP contribution in [0.4, 0.5) is 0 Å². The van der Waals surface area contributed by atoms with Crippen molar-refractivity contribution in [2.24, 2.45) is 11.3 Å². The summed E-state index contributed by atoms with van der Waals surface area (Å²) in [5, 5.41) is 9.15. The molecule has 4 nitrogen and oxygen atoms in total. The Hall–Kier alpha value is -1.29. The molecule has 1 saturated carbocycles. The maximum absolute atomic E-state index is 11.0. The van der Waals surface area contributed by atoms with Gasteiger partial charge in [0.1, 0.15) is 6.10 Å². The lowest BCUT2D eigenvalue weighted by atomic mass is 9.71. The van der Waals surface area contributed by atoms with Crippen LogP contribution in [0.1, 0.15) is 50.5 Å². The maximum Gasteiger partial charge on any atom is 0.356 e. The highest BCUT2D eigenvalue weighted by Gasteiger charge is 2.33. The third kappa shape index (κ3) is 3.63. The summed E-state index contributed by atoms with van der Waals surface area (Å²) in [5.74, 6) is -0.213. The number of halogens is 1. The summed E-state index contributed by atoms with van der Waals surface area (Å²) >= 11 is 5.80. The predicted octanol–water partition coefficient (Wildman–Crippen LogP) is 4.03. The monoisotopic (exact) mass is 297 g/mol. The summed E-state index contributed by atoms with van der Waals surface area (Å²) in [5.41, 5.74) is 0.0805. The summed E-state index contributed by atoms with van der Waals surface area (Å²) < 4.78 is 5.87. The van der Waals surface area contributed by atoms with Gasteiger partial charge in [-0.3, -0.25) is 0 Å². The molecule has 0 saturated heterocycles. The van der Waals surface area contributed by atoms with Gasteiger partial charge in [0, 0.05) is 6.07 Å². The van der Waals surface area contributed by atoms with Gasteiger partial charge in [0.25, 0.3) is 0 Å². The zero-order chi connectivity index (χ0) is 14.9. The molecule has 0 amide bonds. The lowest BCUT2D eigenvalue weighted by molar-refractivity contribution is 0.0522. The molecule has 2 atom stereocenters.